The molecule has 2 rings (SSSR count). The van der Waals surface area contributed by atoms with Crippen molar-refractivity contribution in [3.05, 3.63) is 23.8 Å². The summed E-state index contributed by atoms with van der Waals surface area (Å²) in [6.45, 7) is 1.40. The van der Waals surface area contributed by atoms with Crippen LogP contribution >= 0.6 is 0 Å². The van der Waals surface area contributed by atoms with Crippen LogP contribution in [0.4, 0.5) is 5.69 Å². The summed E-state index contributed by atoms with van der Waals surface area (Å²) >= 11 is 0. The second-order valence-corrected chi connectivity index (χ2v) is 3.17. The number of benzene rings is 1. The fraction of sp³-hybridized carbons (Fsp3) is 0.100. The number of H-pyrrole nitrogens is 1. The van der Waals surface area contributed by atoms with E-state index in [9.17, 15) is 9.90 Å². The van der Waals surface area contributed by atoms with E-state index in [0.717, 1.165) is 0 Å². The maximum Gasteiger partial charge on any atom is 0.200 e. The van der Waals surface area contributed by atoms with Gasteiger partial charge in [-0.25, -0.2) is 0 Å². The van der Waals surface area contributed by atoms with Crippen LogP contribution in [0.1, 0.15) is 17.3 Å². The maximum atomic E-state index is 11.3. The lowest BCUT2D eigenvalue weighted by Gasteiger charge is -1.97. The Morgan fingerprint density at radius 2 is 2.21 bits per heavy atom. The molecule has 4 nitrogen and oxygen atoms in total. The number of Topliss-reactive ketones (excluding diaryl/α,β-unsaturated/α-hetero) is 1. The highest BCUT2D eigenvalue weighted by molar-refractivity contribution is 6.13. The Hall–Kier alpha value is -1.97. The number of nitrogens with one attached hydrogen (secondary N) is 1. The number of anilines is 1. The number of carbonyl (C=O) groups excluding carboxylic acids is 1. The first-order valence-electron chi connectivity index (χ1n) is 4.21. The molecular formula is C10H10N2O2. The molecule has 1 aromatic heterocycles. The topological polar surface area (TPSA) is 79.1 Å². The normalized spacial score (nSPS) is 10.6. The van der Waals surface area contributed by atoms with Gasteiger partial charge in [-0.05, 0) is 19.1 Å². The van der Waals surface area contributed by atoms with Gasteiger partial charge in [0, 0.05) is 11.1 Å². The van der Waals surface area contributed by atoms with Gasteiger partial charge in [-0.3, -0.25) is 4.79 Å². The van der Waals surface area contributed by atoms with Gasteiger partial charge in [-0.15, -0.1) is 0 Å². The van der Waals surface area contributed by atoms with Gasteiger partial charge < -0.3 is 15.8 Å². The van der Waals surface area contributed by atoms with Crippen molar-refractivity contribution in [2.45, 2.75) is 6.92 Å². The summed E-state index contributed by atoms with van der Waals surface area (Å²) in [5.74, 6) is -0.322. The summed E-state index contributed by atoms with van der Waals surface area (Å²) in [4.78, 5) is 14.0. The molecule has 0 saturated carbocycles. The average Bonchev–Trinajstić information content (AvgIpc) is 2.42. The number of rotatable bonds is 1. The fourth-order valence-corrected chi connectivity index (χ4v) is 1.60. The van der Waals surface area contributed by atoms with E-state index in [-0.39, 0.29) is 17.2 Å². The van der Waals surface area contributed by atoms with Crippen LogP contribution in [0.15, 0.2) is 18.2 Å². The molecule has 0 radical (unpaired) electrons. The lowest BCUT2D eigenvalue weighted by Crippen LogP contribution is -1.93. The summed E-state index contributed by atoms with van der Waals surface area (Å²) < 4.78 is 0. The Morgan fingerprint density at radius 3 is 2.86 bits per heavy atom. The Labute approximate surface area is 80.3 Å². The Bertz CT molecular complexity index is 514. The van der Waals surface area contributed by atoms with E-state index in [2.05, 4.69) is 4.98 Å². The third kappa shape index (κ3) is 1.04. The van der Waals surface area contributed by atoms with Crippen molar-refractivity contribution >= 4 is 22.4 Å². The molecule has 72 valence electrons. The third-order valence-corrected chi connectivity index (χ3v) is 2.19. The van der Waals surface area contributed by atoms with Crippen molar-refractivity contribution in [1.29, 1.82) is 0 Å². The smallest absolute Gasteiger partial charge is 0.200 e. The predicted octanol–water partition coefficient (Wildman–Crippen LogP) is 1.66. The number of aromatic amines is 1. The SMILES string of the molecule is CC(=O)c1c(O)[nH]c2cccc(N)c12. The number of fused-ring (bicyclic) bond motifs is 1. The molecule has 0 aliphatic carbocycles. The first kappa shape index (κ1) is 8.62. The monoisotopic (exact) mass is 190 g/mol. The Morgan fingerprint density at radius 1 is 1.50 bits per heavy atom. The summed E-state index contributed by atoms with van der Waals surface area (Å²) in [5.41, 5.74) is 7.15. The molecule has 1 heterocycles. The number of ketones is 1. The molecule has 0 aliphatic rings. The number of nitrogen functional groups attached to an aromatic ring is 1. The van der Waals surface area contributed by atoms with Gasteiger partial charge in [0.2, 0.25) is 5.88 Å². The van der Waals surface area contributed by atoms with E-state index in [1.54, 1.807) is 18.2 Å². The van der Waals surface area contributed by atoms with Crippen molar-refractivity contribution in [2.24, 2.45) is 0 Å². The van der Waals surface area contributed by atoms with Crippen LogP contribution in [0, 0.1) is 0 Å². The van der Waals surface area contributed by atoms with E-state index in [1.807, 2.05) is 0 Å². The number of nitrogens with two attached hydrogens (primary N) is 1. The molecule has 0 fully saturated rings. The highest BCUT2D eigenvalue weighted by atomic mass is 16.3. The molecule has 4 N–H and O–H groups in total. The van der Waals surface area contributed by atoms with Crippen molar-refractivity contribution in [3.63, 3.8) is 0 Å². The van der Waals surface area contributed by atoms with Crippen LogP contribution in [0.2, 0.25) is 0 Å². The van der Waals surface area contributed by atoms with Gasteiger partial charge in [0.1, 0.15) is 0 Å². The quantitative estimate of drug-likeness (QED) is 0.472. The highest BCUT2D eigenvalue weighted by Gasteiger charge is 2.16. The standard InChI is InChI=1S/C10H10N2O2/c1-5(13)8-9-6(11)3-2-4-7(9)12-10(8)14/h2-4,12,14H,11H2,1H3. The molecule has 0 spiro atoms. The van der Waals surface area contributed by atoms with Crippen LogP contribution in [-0.4, -0.2) is 15.9 Å². The van der Waals surface area contributed by atoms with Crippen LogP contribution in [-0.2, 0) is 0 Å². The zero-order chi connectivity index (χ0) is 10.3. The van der Waals surface area contributed by atoms with Crippen molar-refractivity contribution in [3.8, 4) is 5.88 Å². The minimum absolute atomic E-state index is 0.120. The third-order valence-electron chi connectivity index (χ3n) is 2.19. The summed E-state index contributed by atoms with van der Waals surface area (Å²) in [7, 11) is 0. The van der Waals surface area contributed by atoms with Gasteiger partial charge in [0.15, 0.2) is 5.78 Å². The molecule has 0 atom stereocenters. The highest BCUT2D eigenvalue weighted by Crippen LogP contribution is 2.31. The zero-order valence-electron chi connectivity index (χ0n) is 7.66. The van der Waals surface area contributed by atoms with Crippen molar-refractivity contribution < 1.29 is 9.90 Å². The van der Waals surface area contributed by atoms with E-state index < -0.39 is 0 Å². The Balaban J connectivity index is 2.93. The molecule has 14 heavy (non-hydrogen) atoms. The second-order valence-electron chi connectivity index (χ2n) is 3.17. The molecule has 0 aliphatic heterocycles. The Kier molecular flexibility index (Phi) is 1.70. The van der Waals surface area contributed by atoms with Crippen molar-refractivity contribution in [1.82, 2.24) is 4.98 Å². The number of carbonyl (C=O) groups is 1. The van der Waals surface area contributed by atoms with Gasteiger partial charge >= 0.3 is 0 Å². The van der Waals surface area contributed by atoms with Gasteiger partial charge in [-0.2, -0.15) is 0 Å². The molecule has 4 heteroatoms. The zero-order valence-corrected chi connectivity index (χ0v) is 7.66. The van der Waals surface area contributed by atoms with Crippen LogP contribution in [0.3, 0.4) is 0 Å². The molecule has 0 unspecified atom stereocenters. The first-order chi connectivity index (χ1) is 6.61. The van der Waals surface area contributed by atoms with Crippen molar-refractivity contribution in [2.75, 3.05) is 5.73 Å². The number of hydrogen-bond acceptors (Lipinski definition) is 3. The summed E-state index contributed by atoms with van der Waals surface area (Å²) in [6.07, 6.45) is 0. The van der Waals surface area contributed by atoms with Gasteiger partial charge in [0.25, 0.3) is 0 Å². The summed E-state index contributed by atoms with van der Waals surface area (Å²) in [5, 5.41) is 10.1. The predicted molar refractivity (Wildman–Crippen MR) is 54.4 cm³/mol. The average molecular weight is 190 g/mol. The maximum absolute atomic E-state index is 11.3. The molecule has 0 amide bonds. The fourth-order valence-electron chi connectivity index (χ4n) is 1.60. The van der Waals surface area contributed by atoms with E-state index in [1.165, 1.54) is 6.92 Å². The molecule has 1 aromatic carbocycles. The van der Waals surface area contributed by atoms with Crippen LogP contribution < -0.4 is 5.73 Å². The minimum atomic E-state index is -0.202. The lowest BCUT2D eigenvalue weighted by molar-refractivity contribution is 0.101. The molecular weight excluding hydrogens is 180 g/mol. The largest absolute Gasteiger partial charge is 0.494 e. The van der Waals surface area contributed by atoms with Crippen LogP contribution in [0.5, 0.6) is 5.88 Å². The van der Waals surface area contributed by atoms with Gasteiger partial charge in [0.05, 0.1) is 11.1 Å². The molecule has 0 bridgehead atoms. The van der Waals surface area contributed by atoms with E-state index in [0.29, 0.717) is 16.6 Å². The van der Waals surface area contributed by atoms with E-state index >= 15 is 0 Å². The number of hydrogen-bond donors (Lipinski definition) is 3. The molecule has 0 saturated heterocycles. The van der Waals surface area contributed by atoms with Crippen LogP contribution in [0.25, 0.3) is 10.9 Å². The lowest BCUT2D eigenvalue weighted by atomic mass is 10.1. The number of aromatic nitrogens is 1. The number of aromatic hydroxyl groups is 1. The van der Waals surface area contributed by atoms with Gasteiger partial charge in [-0.1, -0.05) is 6.07 Å². The summed E-state index contributed by atoms with van der Waals surface area (Å²) in [6, 6.07) is 5.22. The van der Waals surface area contributed by atoms with E-state index in [4.69, 9.17) is 5.73 Å². The molecule has 2 aromatic rings. The second kappa shape index (κ2) is 2.77. The minimum Gasteiger partial charge on any atom is -0.494 e. The first-order valence-corrected chi connectivity index (χ1v) is 4.21.